The fourth-order valence-electron chi connectivity index (χ4n) is 7.31. The first-order chi connectivity index (χ1) is 22.4. The molecule has 4 N–H and O–H groups in total. The van der Waals surface area contributed by atoms with Crippen LogP contribution < -0.4 is 26.6 Å². The third kappa shape index (κ3) is 5.95. The van der Waals surface area contributed by atoms with Crippen LogP contribution in [0.4, 0.5) is 5.69 Å². The van der Waals surface area contributed by atoms with Crippen LogP contribution in [0.25, 0.3) is 11.0 Å². The van der Waals surface area contributed by atoms with Crippen molar-refractivity contribution in [2.24, 2.45) is 5.92 Å². The number of aromatic amines is 1. The molecule has 7 rings (SSSR count). The summed E-state index contributed by atoms with van der Waals surface area (Å²) in [5.74, 6) is -0.000648. The topological polar surface area (TPSA) is 114 Å². The lowest BCUT2D eigenvalue weighted by Gasteiger charge is -2.44. The Morgan fingerprint density at radius 3 is 2.48 bits per heavy atom. The number of rotatable bonds is 7. The summed E-state index contributed by atoms with van der Waals surface area (Å²) >= 11 is 6.35. The molecule has 0 aliphatic carbocycles. The fraction of sp³-hybridized carbons (Fsp3) is 0.343. The van der Waals surface area contributed by atoms with Gasteiger partial charge in [-0.1, -0.05) is 72.8 Å². The number of fused-ring (bicyclic) bond motifs is 2. The number of carbonyl (C=O) groups is 2. The van der Waals surface area contributed by atoms with Crippen LogP contribution in [0, 0.1) is 5.92 Å². The Morgan fingerprint density at radius 2 is 1.74 bits per heavy atom. The number of piperidine rings is 2. The molecule has 4 aromatic rings. The van der Waals surface area contributed by atoms with Crippen LogP contribution in [0.5, 0.6) is 0 Å². The third-order valence-corrected chi connectivity index (χ3v) is 9.99. The summed E-state index contributed by atoms with van der Waals surface area (Å²) in [5.41, 5.74) is 5.19. The van der Waals surface area contributed by atoms with Crippen LogP contribution in [-0.2, 0) is 16.1 Å². The first-order valence-electron chi connectivity index (χ1n) is 15.9. The Kier molecular flexibility index (Phi) is 8.42. The van der Waals surface area contributed by atoms with Gasteiger partial charge in [-0.2, -0.15) is 0 Å². The van der Waals surface area contributed by atoms with Gasteiger partial charge in [0.2, 0.25) is 11.8 Å². The van der Waals surface area contributed by atoms with Gasteiger partial charge in [0.15, 0.2) is 0 Å². The van der Waals surface area contributed by atoms with Crippen molar-refractivity contribution < 1.29 is 9.59 Å². The highest BCUT2D eigenvalue weighted by atomic mass is 35.5. The molecule has 2 amide bonds. The second kappa shape index (κ2) is 12.8. The molecule has 10 nitrogen and oxygen atoms in total. The lowest BCUT2D eigenvalue weighted by Crippen LogP contribution is -2.56. The van der Waals surface area contributed by atoms with Crippen molar-refractivity contribution in [1.29, 1.82) is 0 Å². The molecule has 3 aliphatic heterocycles. The standard InChI is InChI=1S/C35H38ClN7O3/c1-2-32(44)38-29-20-31-30(19-27(29)36)40-35(46)43(31)42-16-14-41(15-17-42)21-22-8-10-24(11-9-22)33-25(23-6-4-3-5-7-23)18-26-28(39-33)12-13-37-34(26)45/h2-11,19-20,25-26,28,33,39H,1,12-18,21H2,(H,37,45)(H,38,44)(H,40,46). The van der Waals surface area contributed by atoms with Crippen molar-refractivity contribution >= 4 is 40.1 Å². The van der Waals surface area contributed by atoms with Crippen molar-refractivity contribution in [3.8, 4) is 0 Å². The molecule has 4 unspecified atom stereocenters. The molecule has 3 saturated heterocycles. The molecular weight excluding hydrogens is 602 g/mol. The van der Waals surface area contributed by atoms with E-state index in [4.69, 9.17) is 11.6 Å². The fourth-order valence-corrected chi connectivity index (χ4v) is 7.52. The largest absolute Gasteiger partial charge is 0.356 e. The average Bonchev–Trinajstić information content (AvgIpc) is 3.39. The van der Waals surface area contributed by atoms with Gasteiger partial charge in [0.1, 0.15) is 0 Å². The molecule has 238 valence electrons. The van der Waals surface area contributed by atoms with Gasteiger partial charge in [-0.15, -0.1) is 0 Å². The number of hydrogen-bond acceptors (Lipinski definition) is 6. The van der Waals surface area contributed by atoms with E-state index in [9.17, 15) is 14.4 Å². The van der Waals surface area contributed by atoms with Gasteiger partial charge in [-0.3, -0.25) is 14.5 Å². The monoisotopic (exact) mass is 639 g/mol. The molecule has 0 saturated carbocycles. The molecule has 1 aromatic heterocycles. The van der Waals surface area contributed by atoms with E-state index in [0.29, 0.717) is 34.8 Å². The summed E-state index contributed by atoms with van der Waals surface area (Å²) in [6.07, 6.45) is 2.96. The van der Waals surface area contributed by atoms with E-state index in [1.165, 1.54) is 22.8 Å². The van der Waals surface area contributed by atoms with Crippen LogP contribution in [0.15, 0.2) is 84.2 Å². The van der Waals surface area contributed by atoms with E-state index < -0.39 is 0 Å². The second-order valence-electron chi connectivity index (χ2n) is 12.4. The first-order valence-corrected chi connectivity index (χ1v) is 16.3. The first kappa shape index (κ1) is 30.3. The van der Waals surface area contributed by atoms with Gasteiger partial charge >= 0.3 is 5.69 Å². The summed E-state index contributed by atoms with van der Waals surface area (Å²) in [6.45, 7) is 7.95. The Labute approximate surface area is 272 Å². The van der Waals surface area contributed by atoms with E-state index >= 15 is 0 Å². The Morgan fingerprint density at radius 1 is 0.978 bits per heavy atom. The lowest BCUT2D eigenvalue weighted by atomic mass is 9.72. The van der Waals surface area contributed by atoms with E-state index in [1.54, 1.807) is 16.8 Å². The van der Waals surface area contributed by atoms with Crippen LogP contribution in [0.2, 0.25) is 5.02 Å². The maximum Gasteiger partial charge on any atom is 0.345 e. The molecule has 3 aromatic carbocycles. The molecule has 4 heterocycles. The van der Waals surface area contributed by atoms with E-state index in [1.807, 2.05) is 11.1 Å². The van der Waals surface area contributed by atoms with Gasteiger partial charge in [0.05, 0.1) is 27.7 Å². The van der Waals surface area contributed by atoms with Gasteiger partial charge in [0, 0.05) is 57.3 Å². The Hall–Kier alpha value is -4.38. The summed E-state index contributed by atoms with van der Waals surface area (Å²) in [4.78, 5) is 42.8. The molecule has 0 spiro atoms. The van der Waals surface area contributed by atoms with Crippen LogP contribution >= 0.6 is 11.6 Å². The van der Waals surface area contributed by atoms with Crippen LogP contribution in [0.1, 0.15) is 41.5 Å². The number of H-pyrrole nitrogens is 1. The third-order valence-electron chi connectivity index (χ3n) is 9.68. The number of piperazine rings is 1. The molecule has 11 heteroatoms. The summed E-state index contributed by atoms with van der Waals surface area (Å²) < 4.78 is 1.64. The minimum absolute atomic E-state index is 0.00811. The number of nitrogens with one attached hydrogen (secondary N) is 4. The average molecular weight is 640 g/mol. The van der Waals surface area contributed by atoms with Gasteiger partial charge in [-0.25, -0.2) is 9.47 Å². The minimum Gasteiger partial charge on any atom is -0.356 e. The van der Waals surface area contributed by atoms with Crippen LogP contribution in [-0.4, -0.2) is 65.1 Å². The molecule has 4 atom stereocenters. The zero-order valence-electron chi connectivity index (χ0n) is 25.5. The van der Waals surface area contributed by atoms with Crippen molar-refractivity contribution in [2.75, 3.05) is 43.0 Å². The molecule has 3 fully saturated rings. The normalized spacial score (nSPS) is 23.5. The molecular formula is C35H38ClN7O3. The highest BCUT2D eigenvalue weighted by molar-refractivity contribution is 6.34. The minimum atomic E-state index is -0.370. The summed E-state index contributed by atoms with van der Waals surface area (Å²) in [6, 6.07) is 23.2. The highest BCUT2D eigenvalue weighted by Gasteiger charge is 2.42. The molecule has 46 heavy (non-hydrogen) atoms. The number of carbonyl (C=O) groups excluding carboxylic acids is 2. The number of benzene rings is 3. The number of imidazole rings is 1. The van der Waals surface area contributed by atoms with E-state index in [0.717, 1.165) is 39.0 Å². The maximum absolute atomic E-state index is 13.0. The summed E-state index contributed by atoms with van der Waals surface area (Å²) in [7, 11) is 0. The number of hydrogen-bond donors (Lipinski definition) is 4. The smallest absolute Gasteiger partial charge is 0.345 e. The number of nitrogens with zero attached hydrogens (tertiary/aromatic N) is 3. The molecule has 0 bridgehead atoms. The zero-order chi connectivity index (χ0) is 31.8. The quantitative estimate of drug-likeness (QED) is 0.228. The van der Waals surface area contributed by atoms with Crippen molar-refractivity contribution in [1.82, 2.24) is 25.2 Å². The maximum atomic E-state index is 13.0. The van der Waals surface area contributed by atoms with Gasteiger partial charge in [-0.05, 0) is 47.7 Å². The van der Waals surface area contributed by atoms with Crippen molar-refractivity contribution in [2.45, 2.75) is 37.4 Å². The highest BCUT2D eigenvalue weighted by Crippen LogP contribution is 2.42. The predicted octanol–water partition coefficient (Wildman–Crippen LogP) is 3.88. The van der Waals surface area contributed by atoms with Crippen molar-refractivity contribution in [3.05, 3.63) is 112 Å². The van der Waals surface area contributed by atoms with Gasteiger partial charge < -0.3 is 25.9 Å². The number of amides is 2. The number of anilines is 1. The van der Waals surface area contributed by atoms with Crippen LogP contribution in [0.3, 0.4) is 0 Å². The second-order valence-corrected chi connectivity index (χ2v) is 12.9. The van der Waals surface area contributed by atoms with E-state index in [2.05, 4.69) is 80.9 Å². The zero-order valence-corrected chi connectivity index (χ0v) is 26.3. The van der Waals surface area contributed by atoms with Crippen molar-refractivity contribution in [3.63, 3.8) is 0 Å². The molecule has 3 aliphatic rings. The Balaban J connectivity index is 1.03. The summed E-state index contributed by atoms with van der Waals surface area (Å²) in [5, 5.41) is 12.0. The SMILES string of the molecule is C=CC(=O)Nc1cc2c(cc1Cl)[nH]c(=O)n2N1CCN(Cc2ccc(C3NC4CCNC(=O)C4CC3c3ccccc3)cc2)CC1. The predicted molar refractivity (Wildman–Crippen MR) is 181 cm³/mol. The number of halogens is 1. The van der Waals surface area contributed by atoms with E-state index in [-0.39, 0.29) is 41.4 Å². The number of aromatic nitrogens is 2. The van der Waals surface area contributed by atoms with Gasteiger partial charge in [0.25, 0.3) is 0 Å². The molecule has 0 radical (unpaired) electrons. The Bertz CT molecular complexity index is 1810. The lowest BCUT2D eigenvalue weighted by molar-refractivity contribution is -0.129.